The van der Waals surface area contributed by atoms with Crippen LogP contribution in [0.5, 0.6) is 0 Å². The van der Waals surface area contributed by atoms with E-state index in [1.54, 1.807) is 11.3 Å². The van der Waals surface area contributed by atoms with Crippen LogP contribution in [0.15, 0.2) is 16.8 Å². The minimum Gasteiger partial charge on any atom is -0.480 e. The van der Waals surface area contributed by atoms with Crippen molar-refractivity contribution >= 4 is 23.2 Å². The average molecular weight is 269 g/mol. The number of aliphatic carboxylic acids is 1. The molecule has 4 nitrogen and oxygen atoms in total. The van der Waals surface area contributed by atoms with Crippen LogP contribution in [0.4, 0.5) is 0 Å². The normalized spacial score (nSPS) is 12.1. The van der Waals surface area contributed by atoms with Gasteiger partial charge in [0.05, 0.1) is 0 Å². The van der Waals surface area contributed by atoms with E-state index in [-0.39, 0.29) is 5.91 Å². The number of thiophene rings is 1. The molecule has 1 atom stereocenters. The predicted molar refractivity (Wildman–Crippen MR) is 71.7 cm³/mol. The molecular weight excluding hydrogens is 250 g/mol. The number of amides is 1. The molecule has 5 heteroatoms. The van der Waals surface area contributed by atoms with Gasteiger partial charge in [0.1, 0.15) is 6.04 Å². The monoisotopic (exact) mass is 269 g/mol. The maximum Gasteiger partial charge on any atom is 0.326 e. The van der Waals surface area contributed by atoms with Crippen molar-refractivity contribution in [2.75, 3.05) is 0 Å². The summed E-state index contributed by atoms with van der Waals surface area (Å²) in [4.78, 5) is 22.6. The number of carboxylic acid groups (broad SMARTS) is 1. The molecule has 0 fully saturated rings. The van der Waals surface area contributed by atoms with Crippen LogP contribution in [0, 0.1) is 0 Å². The Labute approximate surface area is 111 Å². The maximum atomic E-state index is 11.6. The van der Waals surface area contributed by atoms with Gasteiger partial charge >= 0.3 is 5.97 Å². The molecule has 0 saturated carbocycles. The minimum absolute atomic E-state index is 0.190. The van der Waals surface area contributed by atoms with Crippen molar-refractivity contribution in [3.05, 3.63) is 22.4 Å². The van der Waals surface area contributed by atoms with Crippen LogP contribution >= 0.6 is 11.3 Å². The fourth-order valence-electron chi connectivity index (χ4n) is 1.62. The van der Waals surface area contributed by atoms with Gasteiger partial charge in [-0.15, -0.1) is 0 Å². The Morgan fingerprint density at radius 2 is 2.28 bits per heavy atom. The fraction of sp³-hybridized carbons (Fsp3) is 0.538. The molecule has 0 aliphatic heterocycles. The van der Waals surface area contributed by atoms with Gasteiger partial charge in [-0.2, -0.15) is 11.3 Å². The Kier molecular flexibility index (Phi) is 6.43. The Balaban J connectivity index is 2.34. The number of nitrogens with one attached hydrogen (secondary N) is 1. The SMILES string of the molecule is CCCC[C@H](NC(=O)CCc1ccsc1)C(=O)O. The van der Waals surface area contributed by atoms with Gasteiger partial charge in [0.25, 0.3) is 0 Å². The average Bonchev–Trinajstić information content (AvgIpc) is 2.84. The molecule has 1 aromatic heterocycles. The summed E-state index contributed by atoms with van der Waals surface area (Å²) in [5.41, 5.74) is 1.12. The quantitative estimate of drug-likeness (QED) is 0.761. The Hall–Kier alpha value is -1.36. The number of carboxylic acids is 1. The summed E-state index contributed by atoms with van der Waals surface area (Å²) in [5.74, 6) is -1.14. The van der Waals surface area contributed by atoms with Crippen molar-refractivity contribution < 1.29 is 14.7 Å². The molecule has 18 heavy (non-hydrogen) atoms. The second-order valence-corrected chi connectivity index (χ2v) is 5.01. The van der Waals surface area contributed by atoms with Crippen molar-refractivity contribution in [3.63, 3.8) is 0 Å². The highest BCUT2D eigenvalue weighted by Crippen LogP contribution is 2.08. The van der Waals surface area contributed by atoms with Gasteiger partial charge in [0, 0.05) is 6.42 Å². The van der Waals surface area contributed by atoms with Crippen LogP contribution < -0.4 is 5.32 Å². The number of carbonyl (C=O) groups is 2. The maximum absolute atomic E-state index is 11.6. The van der Waals surface area contributed by atoms with Crippen LogP contribution in [-0.2, 0) is 16.0 Å². The molecule has 1 rings (SSSR count). The molecule has 0 aliphatic carbocycles. The zero-order valence-corrected chi connectivity index (χ0v) is 11.3. The van der Waals surface area contributed by atoms with Gasteiger partial charge in [0.15, 0.2) is 0 Å². The second kappa shape index (κ2) is 7.87. The molecule has 0 spiro atoms. The number of carbonyl (C=O) groups excluding carboxylic acids is 1. The van der Waals surface area contributed by atoms with Crippen LogP contribution in [-0.4, -0.2) is 23.0 Å². The van der Waals surface area contributed by atoms with E-state index >= 15 is 0 Å². The van der Waals surface area contributed by atoms with Crippen molar-refractivity contribution in [1.29, 1.82) is 0 Å². The minimum atomic E-state index is -0.952. The molecular formula is C13H19NO3S. The molecule has 1 aromatic rings. The third-order valence-corrected chi connectivity index (χ3v) is 3.43. The summed E-state index contributed by atoms with van der Waals surface area (Å²) < 4.78 is 0. The third-order valence-electron chi connectivity index (χ3n) is 2.70. The molecule has 0 bridgehead atoms. The van der Waals surface area contributed by atoms with Crippen LogP contribution in [0.3, 0.4) is 0 Å². The molecule has 0 saturated heterocycles. The van der Waals surface area contributed by atoms with Crippen molar-refractivity contribution in [2.24, 2.45) is 0 Å². The lowest BCUT2D eigenvalue weighted by Crippen LogP contribution is -2.40. The smallest absolute Gasteiger partial charge is 0.326 e. The molecule has 1 heterocycles. The van der Waals surface area contributed by atoms with Gasteiger partial charge in [-0.05, 0) is 35.2 Å². The zero-order valence-electron chi connectivity index (χ0n) is 10.5. The molecule has 100 valence electrons. The van der Waals surface area contributed by atoms with Gasteiger partial charge in [-0.3, -0.25) is 4.79 Å². The van der Waals surface area contributed by atoms with E-state index < -0.39 is 12.0 Å². The van der Waals surface area contributed by atoms with E-state index in [4.69, 9.17) is 5.11 Å². The number of unbranched alkanes of at least 4 members (excludes halogenated alkanes) is 1. The molecule has 0 aromatic carbocycles. The van der Waals surface area contributed by atoms with Gasteiger partial charge < -0.3 is 10.4 Å². The fourth-order valence-corrected chi connectivity index (χ4v) is 2.33. The summed E-state index contributed by atoms with van der Waals surface area (Å²) in [7, 11) is 0. The molecule has 0 unspecified atom stereocenters. The summed E-state index contributed by atoms with van der Waals surface area (Å²) in [5, 5.41) is 15.5. The van der Waals surface area contributed by atoms with Crippen LogP contribution in [0.2, 0.25) is 0 Å². The molecule has 2 N–H and O–H groups in total. The number of hydrogen-bond donors (Lipinski definition) is 2. The summed E-state index contributed by atoms with van der Waals surface area (Å²) >= 11 is 1.60. The van der Waals surface area contributed by atoms with Crippen LogP contribution in [0.1, 0.15) is 38.2 Å². The predicted octanol–water partition coefficient (Wildman–Crippen LogP) is 2.44. The van der Waals surface area contributed by atoms with Gasteiger partial charge in [-0.25, -0.2) is 4.79 Å². The molecule has 0 radical (unpaired) electrons. The first-order chi connectivity index (χ1) is 8.63. The second-order valence-electron chi connectivity index (χ2n) is 4.23. The first kappa shape index (κ1) is 14.7. The lowest BCUT2D eigenvalue weighted by molar-refractivity contribution is -0.142. The van der Waals surface area contributed by atoms with Gasteiger partial charge in [-0.1, -0.05) is 19.8 Å². The van der Waals surface area contributed by atoms with E-state index in [2.05, 4.69) is 5.32 Å². The third kappa shape index (κ3) is 5.31. The highest BCUT2D eigenvalue weighted by molar-refractivity contribution is 7.07. The van der Waals surface area contributed by atoms with Crippen LogP contribution in [0.25, 0.3) is 0 Å². The Morgan fingerprint density at radius 1 is 1.50 bits per heavy atom. The van der Waals surface area contributed by atoms with E-state index in [9.17, 15) is 9.59 Å². The highest BCUT2D eigenvalue weighted by Gasteiger charge is 2.18. The first-order valence-corrected chi connectivity index (χ1v) is 7.11. The zero-order chi connectivity index (χ0) is 13.4. The first-order valence-electron chi connectivity index (χ1n) is 6.16. The molecule has 0 aliphatic rings. The van der Waals surface area contributed by atoms with E-state index in [0.717, 1.165) is 18.4 Å². The number of aryl methyl sites for hydroxylation is 1. The van der Waals surface area contributed by atoms with E-state index in [0.29, 0.717) is 19.3 Å². The van der Waals surface area contributed by atoms with Crippen molar-refractivity contribution in [1.82, 2.24) is 5.32 Å². The van der Waals surface area contributed by atoms with Crippen molar-refractivity contribution in [3.8, 4) is 0 Å². The summed E-state index contributed by atoms with van der Waals surface area (Å²) in [6.07, 6.45) is 3.23. The lowest BCUT2D eigenvalue weighted by atomic mass is 10.1. The lowest BCUT2D eigenvalue weighted by Gasteiger charge is -2.13. The van der Waals surface area contributed by atoms with E-state index in [1.165, 1.54) is 0 Å². The van der Waals surface area contributed by atoms with E-state index in [1.807, 2.05) is 23.8 Å². The highest BCUT2D eigenvalue weighted by atomic mass is 32.1. The summed E-state index contributed by atoms with van der Waals surface area (Å²) in [6.45, 7) is 2.00. The topological polar surface area (TPSA) is 66.4 Å². The number of rotatable bonds is 8. The molecule has 1 amide bonds. The van der Waals surface area contributed by atoms with Crippen molar-refractivity contribution in [2.45, 2.75) is 45.1 Å². The largest absolute Gasteiger partial charge is 0.480 e. The number of hydrogen-bond acceptors (Lipinski definition) is 3. The van der Waals surface area contributed by atoms with Gasteiger partial charge in [0.2, 0.25) is 5.91 Å². The Morgan fingerprint density at radius 3 is 2.83 bits per heavy atom. The Bertz CT molecular complexity index is 376. The standard InChI is InChI=1S/C13H19NO3S/c1-2-3-4-11(13(16)17)14-12(15)6-5-10-7-8-18-9-10/h7-9,11H,2-6H2,1H3,(H,14,15)(H,16,17)/t11-/m0/s1. The summed E-state index contributed by atoms with van der Waals surface area (Å²) in [6, 6.07) is 1.23.